The number of rotatable bonds is 4. The SMILES string of the molecule is OC(CNC1CC1)C1CCOC1. The van der Waals surface area contributed by atoms with Gasteiger partial charge in [0.2, 0.25) is 0 Å². The smallest absolute Gasteiger partial charge is 0.0715 e. The van der Waals surface area contributed by atoms with Gasteiger partial charge >= 0.3 is 0 Å². The molecule has 0 aromatic carbocycles. The predicted octanol–water partition coefficient (Wildman–Crippen LogP) is 0.136. The third kappa shape index (κ3) is 2.19. The van der Waals surface area contributed by atoms with E-state index in [4.69, 9.17) is 4.74 Å². The van der Waals surface area contributed by atoms with Crippen LogP contribution in [0.25, 0.3) is 0 Å². The van der Waals surface area contributed by atoms with Gasteiger partial charge < -0.3 is 15.2 Å². The van der Waals surface area contributed by atoms with Gasteiger partial charge in [-0.05, 0) is 19.3 Å². The maximum atomic E-state index is 9.68. The Bertz CT molecular complexity index is 141. The second kappa shape index (κ2) is 3.73. The van der Waals surface area contributed by atoms with Gasteiger partial charge in [0.1, 0.15) is 0 Å². The molecule has 0 aromatic heterocycles. The normalized spacial score (nSPS) is 32.2. The third-order valence-electron chi connectivity index (χ3n) is 2.70. The van der Waals surface area contributed by atoms with E-state index in [0.717, 1.165) is 26.2 Å². The van der Waals surface area contributed by atoms with Crippen LogP contribution in [0.3, 0.4) is 0 Å². The Labute approximate surface area is 73.1 Å². The average Bonchev–Trinajstić information content (AvgIpc) is 2.74. The van der Waals surface area contributed by atoms with Crippen molar-refractivity contribution in [3.05, 3.63) is 0 Å². The van der Waals surface area contributed by atoms with Crippen molar-refractivity contribution < 1.29 is 9.84 Å². The first-order valence-corrected chi connectivity index (χ1v) is 4.85. The summed E-state index contributed by atoms with van der Waals surface area (Å²) in [5.41, 5.74) is 0. The van der Waals surface area contributed by atoms with Crippen LogP contribution in [0.4, 0.5) is 0 Å². The molecule has 0 radical (unpaired) electrons. The Kier molecular flexibility index (Phi) is 2.63. The second-order valence-electron chi connectivity index (χ2n) is 3.87. The number of hydrogen-bond donors (Lipinski definition) is 2. The molecular formula is C9H17NO2. The lowest BCUT2D eigenvalue weighted by molar-refractivity contribution is 0.0906. The minimum atomic E-state index is -0.201. The fourth-order valence-electron chi connectivity index (χ4n) is 1.60. The second-order valence-corrected chi connectivity index (χ2v) is 3.87. The van der Waals surface area contributed by atoms with Crippen molar-refractivity contribution in [2.75, 3.05) is 19.8 Å². The lowest BCUT2D eigenvalue weighted by Crippen LogP contribution is -2.34. The van der Waals surface area contributed by atoms with Crippen LogP contribution in [0.2, 0.25) is 0 Å². The quantitative estimate of drug-likeness (QED) is 0.632. The standard InChI is InChI=1S/C9H17NO2/c11-9(5-10-8-1-2-8)7-3-4-12-6-7/h7-11H,1-6H2. The Morgan fingerprint density at radius 1 is 1.42 bits per heavy atom. The third-order valence-corrected chi connectivity index (χ3v) is 2.70. The molecule has 1 saturated heterocycles. The lowest BCUT2D eigenvalue weighted by Gasteiger charge is -2.16. The van der Waals surface area contributed by atoms with Gasteiger partial charge in [-0.3, -0.25) is 0 Å². The fourth-order valence-corrected chi connectivity index (χ4v) is 1.60. The first-order chi connectivity index (χ1) is 5.86. The molecule has 3 nitrogen and oxygen atoms in total. The monoisotopic (exact) mass is 171 g/mol. The minimum Gasteiger partial charge on any atom is -0.391 e. The summed E-state index contributed by atoms with van der Waals surface area (Å²) in [4.78, 5) is 0. The van der Waals surface area contributed by atoms with Crippen LogP contribution in [-0.4, -0.2) is 37.0 Å². The van der Waals surface area contributed by atoms with Crippen molar-refractivity contribution >= 4 is 0 Å². The van der Waals surface area contributed by atoms with E-state index in [1.54, 1.807) is 0 Å². The van der Waals surface area contributed by atoms with Gasteiger partial charge in [-0.25, -0.2) is 0 Å². The van der Waals surface area contributed by atoms with Crippen molar-refractivity contribution in [2.24, 2.45) is 5.92 Å². The largest absolute Gasteiger partial charge is 0.391 e. The number of nitrogens with one attached hydrogen (secondary N) is 1. The molecule has 2 atom stereocenters. The highest BCUT2D eigenvalue weighted by atomic mass is 16.5. The highest BCUT2D eigenvalue weighted by molar-refractivity contribution is 4.83. The lowest BCUT2D eigenvalue weighted by atomic mass is 10.0. The van der Waals surface area contributed by atoms with Crippen LogP contribution in [0.5, 0.6) is 0 Å². The molecule has 0 aromatic rings. The summed E-state index contributed by atoms with van der Waals surface area (Å²) >= 11 is 0. The zero-order valence-corrected chi connectivity index (χ0v) is 7.33. The van der Waals surface area contributed by atoms with E-state index < -0.39 is 0 Å². The van der Waals surface area contributed by atoms with Crippen molar-refractivity contribution in [2.45, 2.75) is 31.4 Å². The molecule has 2 rings (SSSR count). The summed E-state index contributed by atoms with van der Waals surface area (Å²) in [6.07, 6.45) is 3.39. The van der Waals surface area contributed by atoms with Crippen LogP contribution >= 0.6 is 0 Å². The molecule has 1 aliphatic heterocycles. The van der Waals surface area contributed by atoms with Gasteiger partial charge in [-0.2, -0.15) is 0 Å². The van der Waals surface area contributed by atoms with Crippen molar-refractivity contribution in [3.8, 4) is 0 Å². The molecule has 3 heteroatoms. The molecule has 2 N–H and O–H groups in total. The summed E-state index contributed by atoms with van der Waals surface area (Å²) in [6, 6.07) is 0.696. The Morgan fingerprint density at radius 2 is 2.25 bits per heavy atom. The van der Waals surface area contributed by atoms with Gasteiger partial charge in [-0.15, -0.1) is 0 Å². The Hall–Kier alpha value is -0.120. The molecule has 1 saturated carbocycles. The summed E-state index contributed by atoms with van der Waals surface area (Å²) in [5, 5.41) is 13.0. The molecule has 2 unspecified atom stereocenters. The molecule has 1 aliphatic carbocycles. The van der Waals surface area contributed by atoms with Gasteiger partial charge in [0.15, 0.2) is 0 Å². The van der Waals surface area contributed by atoms with Crippen LogP contribution < -0.4 is 5.32 Å². The number of ether oxygens (including phenoxy) is 1. The first-order valence-electron chi connectivity index (χ1n) is 4.85. The van der Waals surface area contributed by atoms with Crippen LogP contribution in [0.15, 0.2) is 0 Å². The maximum absolute atomic E-state index is 9.68. The molecule has 2 aliphatic rings. The molecule has 0 amide bonds. The molecule has 1 heterocycles. The molecule has 0 bridgehead atoms. The van der Waals surface area contributed by atoms with Gasteiger partial charge in [0.05, 0.1) is 12.7 Å². The van der Waals surface area contributed by atoms with E-state index >= 15 is 0 Å². The van der Waals surface area contributed by atoms with E-state index in [1.807, 2.05) is 0 Å². The van der Waals surface area contributed by atoms with Crippen LogP contribution in [-0.2, 0) is 4.74 Å². The number of hydrogen-bond acceptors (Lipinski definition) is 3. The predicted molar refractivity (Wildman–Crippen MR) is 46.0 cm³/mol. The van der Waals surface area contributed by atoms with Gasteiger partial charge in [0, 0.05) is 25.1 Å². The minimum absolute atomic E-state index is 0.201. The van der Waals surface area contributed by atoms with Crippen molar-refractivity contribution in [3.63, 3.8) is 0 Å². The number of aliphatic hydroxyl groups excluding tert-OH is 1. The van der Waals surface area contributed by atoms with Gasteiger partial charge in [0.25, 0.3) is 0 Å². The van der Waals surface area contributed by atoms with Crippen LogP contribution in [0.1, 0.15) is 19.3 Å². The van der Waals surface area contributed by atoms with E-state index in [9.17, 15) is 5.11 Å². The van der Waals surface area contributed by atoms with E-state index in [0.29, 0.717) is 12.0 Å². The highest BCUT2D eigenvalue weighted by Gasteiger charge is 2.26. The maximum Gasteiger partial charge on any atom is 0.0715 e. The summed E-state index contributed by atoms with van der Waals surface area (Å²) < 4.78 is 5.21. The molecular weight excluding hydrogens is 154 g/mol. The topological polar surface area (TPSA) is 41.5 Å². The van der Waals surface area contributed by atoms with Gasteiger partial charge in [-0.1, -0.05) is 0 Å². The van der Waals surface area contributed by atoms with E-state index in [-0.39, 0.29) is 6.10 Å². The summed E-state index contributed by atoms with van der Waals surface area (Å²) in [7, 11) is 0. The fraction of sp³-hybridized carbons (Fsp3) is 1.00. The first kappa shape index (κ1) is 8.48. The Morgan fingerprint density at radius 3 is 2.83 bits per heavy atom. The van der Waals surface area contributed by atoms with E-state index in [2.05, 4.69) is 5.32 Å². The zero-order chi connectivity index (χ0) is 8.39. The average molecular weight is 171 g/mol. The van der Waals surface area contributed by atoms with Crippen molar-refractivity contribution in [1.82, 2.24) is 5.32 Å². The molecule has 70 valence electrons. The summed E-state index contributed by atoms with van der Waals surface area (Å²) in [5.74, 6) is 0.372. The molecule has 0 spiro atoms. The van der Waals surface area contributed by atoms with Crippen LogP contribution in [0, 0.1) is 5.92 Å². The van der Waals surface area contributed by atoms with E-state index in [1.165, 1.54) is 12.8 Å². The number of aliphatic hydroxyl groups is 1. The Balaban J connectivity index is 1.64. The summed E-state index contributed by atoms with van der Waals surface area (Å²) in [6.45, 7) is 2.32. The van der Waals surface area contributed by atoms with Crippen molar-refractivity contribution in [1.29, 1.82) is 0 Å². The molecule has 2 fully saturated rings. The molecule has 12 heavy (non-hydrogen) atoms. The highest BCUT2D eigenvalue weighted by Crippen LogP contribution is 2.20. The zero-order valence-electron chi connectivity index (χ0n) is 7.33.